The smallest absolute Gasteiger partial charge is 0.138 e. The Balaban J connectivity index is 1.41. The molecule has 1 N–H and O–H groups in total. The molecule has 0 radical (unpaired) electrons. The molecule has 3 aromatic carbocycles. The molecule has 0 atom stereocenters. The summed E-state index contributed by atoms with van der Waals surface area (Å²) >= 11 is 11.9. The maximum Gasteiger partial charge on any atom is 0.138 e. The van der Waals surface area contributed by atoms with Gasteiger partial charge in [0.2, 0.25) is 0 Å². The van der Waals surface area contributed by atoms with Crippen LogP contribution in [0.1, 0.15) is 5.56 Å². The number of ether oxygens (including phenoxy) is 2. The van der Waals surface area contributed by atoms with Crippen molar-refractivity contribution in [3.8, 4) is 11.5 Å². The van der Waals surface area contributed by atoms with E-state index in [0.29, 0.717) is 35.6 Å². The van der Waals surface area contributed by atoms with E-state index in [1.165, 1.54) is 0 Å². The van der Waals surface area contributed by atoms with E-state index in [-0.39, 0.29) is 0 Å². The molecule has 0 saturated carbocycles. The average molecular weight is 388 g/mol. The minimum absolute atomic E-state index is 0.494. The molecule has 3 aromatic rings. The van der Waals surface area contributed by atoms with E-state index in [0.717, 1.165) is 17.0 Å². The lowest BCUT2D eigenvalue weighted by Crippen LogP contribution is -2.11. The Kier molecular flexibility index (Phi) is 6.64. The molecule has 3 nitrogen and oxygen atoms in total. The first-order valence-electron chi connectivity index (χ1n) is 8.29. The van der Waals surface area contributed by atoms with Gasteiger partial charge in [0.1, 0.15) is 24.7 Å². The molecule has 134 valence electrons. The van der Waals surface area contributed by atoms with E-state index in [1.54, 1.807) is 18.2 Å². The van der Waals surface area contributed by atoms with Crippen molar-refractivity contribution in [1.82, 2.24) is 0 Å². The van der Waals surface area contributed by atoms with Crippen molar-refractivity contribution in [3.05, 3.63) is 88.4 Å². The van der Waals surface area contributed by atoms with E-state index in [4.69, 9.17) is 32.7 Å². The Hall–Kier alpha value is -2.36. The highest BCUT2D eigenvalue weighted by Crippen LogP contribution is 2.27. The van der Waals surface area contributed by atoms with Gasteiger partial charge in [-0.15, -0.1) is 0 Å². The number of halogens is 2. The lowest BCUT2D eigenvalue weighted by Gasteiger charge is -2.11. The largest absolute Gasteiger partial charge is 0.490 e. The zero-order valence-corrected chi connectivity index (χ0v) is 15.6. The van der Waals surface area contributed by atoms with Gasteiger partial charge in [0.25, 0.3) is 0 Å². The van der Waals surface area contributed by atoms with Gasteiger partial charge >= 0.3 is 0 Å². The molecule has 5 heteroatoms. The zero-order valence-electron chi connectivity index (χ0n) is 14.1. The van der Waals surface area contributed by atoms with Gasteiger partial charge in [0, 0.05) is 17.3 Å². The molecule has 0 heterocycles. The number of benzene rings is 3. The van der Waals surface area contributed by atoms with Gasteiger partial charge in [0.15, 0.2) is 0 Å². The van der Waals surface area contributed by atoms with Crippen LogP contribution in [0, 0.1) is 0 Å². The van der Waals surface area contributed by atoms with Gasteiger partial charge in [-0.2, -0.15) is 0 Å². The Morgan fingerprint density at radius 1 is 0.808 bits per heavy atom. The average Bonchev–Trinajstić information content (AvgIpc) is 2.67. The summed E-state index contributed by atoms with van der Waals surface area (Å²) in [5.41, 5.74) is 2.15. The second kappa shape index (κ2) is 9.37. The van der Waals surface area contributed by atoms with Crippen molar-refractivity contribution in [2.45, 2.75) is 6.61 Å². The van der Waals surface area contributed by atoms with E-state index in [1.807, 2.05) is 54.6 Å². The SMILES string of the molecule is Clc1ccc(OCCNc2ccc(OCc3ccccc3)cc2)c(Cl)c1. The number of rotatable bonds is 8. The molecule has 26 heavy (non-hydrogen) atoms. The van der Waals surface area contributed by atoms with Crippen molar-refractivity contribution in [2.24, 2.45) is 0 Å². The van der Waals surface area contributed by atoms with E-state index >= 15 is 0 Å². The molecular formula is C21H19Cl2NO2. The summed E-state index contributed by atoms with van der Waals surface area (Å²) in [7, 11) is 0. The van der Waals surface area contributed by atoms with Crippen molar-refractivity contribution < 1.29 is 9.47 Å². The summed E-state index contributed by atoms with van der Waals surface area (Å²) in [6, 6.07) is 23.1. The molecule has 0 saturated heterocycles. The fourth-order valence-electron chi connectivity index (χ4n) is 2.36. The van der Waals surface area contributed by atoms with Crippen molar-refractivity contribution in [2.75, 3.05) is 18.5 Å². The first kappa shape index (κ1) is 18.4. The number of hydrogen-bond acceptors (Lipinski definition) is 3. The lowest BCUT2D eigenvalue weighted by molar-refractivity contribution is 0.306. The highest BCUT2D eigenvalue weighted by molar-refractivity contribution is 6.35. The Labute approximate surface area is 163 Å². The van der Waals surface area contributed by atoms with Crippen LogP contribution in [-0.2, 0) is 6.61 Å². The summed E-state index contributed by atoms with van der Waals surface area (Å²) in [6.45, 7) is 1.71. The third-order valence-corrected chi connectivity index (χ3v) is 4.22. The van der Waals surface area contributed by atoms with E-state index in [2.05, 4.69) is 5.32 Å². The maximum absolute atomic E-state index is 6.07. The van der Waals surface area contributed by atoms with Gasteiger partial charge in [-0.1, -0.05) is 53.5 Å². The summed E-state index contributed by atoms with van der Waals surface area (Å²) in [5, 5.41) is 4.40. The second-order valence-corrected chi connectivity index (χ2v) is 6.49. The summed E-state index contributed by atoms with van der Waals surface area (Å²) in [5.74, 6) is 1.46. The number of hydrogen-bond donors (Lipinski definition) is 1. The molecule has 0 aliphatic heterocycles. The lowest BCUT2D eigenvalue weighted by atomic mass is 10.2. The van der Waals surface area contributed by atoms with Gasteiger partial charge in [0.05, 0.1) is 5.02 Å². The van der Waals surface area contributed by atoms with Crippen LogP contribution in [0.3, 0.4) is 0 Å². The summed E-state index contributed by atoms with van der Waals surface area (Å²) in [4.78, 5) is 0. The molecule has 0 fully saturated rings. The number of nitrogens with one attached hydrogen (secondary N) is 1. The molecular weight excluding hydrogens is 369 g/mol. The third-order valence-electron chi connectivity index (χ3n) is 3.69. The highest BCUT2D eigenvalue weighted by atomic mass is 35.5. The third kappa shape index (κ3) is 5.58. The Bertz CT molecular complexity index is 823. The Morgan fingerprint density at radius 3 is 2.31 bits per heavy atom. The quantitative estimate of drug-likeness (QED) is 0.476. The van der Waals surface area contributed by atoms with Crippen LogP contribution in [0.4, 0.5) is 5.69 Å². The first-order chi connectivity index (χ1) is 12.7. The molecule has 0 unspecified atom stereocenters. The molecule has 0 aromatic heterocycles. The first-order valence-corrected chi connectivity index (χ1v) is 9.05. The molecule has 0 spiro atoms. The van der Waals surface area contributed by atoms with Crippen molar-refractivity contribution >= 4 is 28.9 Å². The van der Waals surface area contributed by atoms with Gasteiger partial charge in [-0.05, 0) is 48.0 Å². The molecule has 0 aliphatic rings. The van der Waals surface area contributed by atoms with E-state index in [9.17, 15) is 0 Å². The van der Waals surface area contributed by atoms with Crippen LogP contribution in [0.15, 0.2) is 72.8 Å². The maximum atomic E-state index is 6.07. The standard InChI is InChI=1S/C21H19Cl2NO2/c22-17-6-11-21(20(23)14-17)25-13-12-24-18-7-9-19(10-8-18)26-15-16-4-2-1-3-5-16/h1-11,14,24H,12-13,15H2. The fraction of sp³-hybridized carbons (Fsp3) is 0.143. The topological polar surface area (TPSA) is 30.5 Å². The second-order valence-electron chi connectivity index (χ2n) is 5.65. The minimum Gasteiger partial charge on any atom is -0.490 e. The number of anilines is 1. The van der Waals surface area contributed by atoms with Crippen LogP contribution >= 0.6 is 23.2 Å². The highest BCUT2D eigenvalue weighted by Gasteiger charge is 2.02. The van der Waals surface area contributed by atoms with E-state index < -0.39 is 0 Å². The van der Waals surface area contributed by atoms with Crippen LogP contribution < -0.4 is 14.8 Å². The minimum atomic E-state index is 0.494. The Morgan fingerprint density at radius 2 is 1.58 bits per heavy atom. The van der Waals surface area contributed by atoms with Gasteiger partial charge < -0.3 is 14.8 Å². The molecule has 0 aliphatic carbocycles. The van der Waals surface area contributed by atoms with Crippen LogP contribution in [0.25, 0.3) is 0 Å². The predicted octanol–water partition coefficient (Wildman–Crippen LogP) is 6.06. The van der Waals surface area contributed by atoms with Crippen molar-refractivity contribution in [3.63, 3.8) is 0 Å². The van der Waals surface area contributed by atoms with Crippen LogP contribution in [0.5, 0.6) is 11.5 Å². The summed E-state index contributed by atoms with van der Waals surface area (Å²) < 4.78 is 11.4. The zero-order chi connectivity index (χ0) is 18.2. The van der Waals surface area contributed by atoms with Crippen LogP contribution in [-0.4, -0.2) is 13.2 Å². The van der Waals surface area contributed by atoms with Crippen LogP contribution in [0.2, 0.25) is 10.0 Å². The predicted molar refractivity (Wildman–Crippen MR) is 108 cm³/mol. The van der Waals surface area contributed by atoms with Gasteiger partial charge in [-0.25, -0.2) is 0 Å². The summed E-state index contributed by atoms with van der Waals surface area (Å²) in [6.07, 6.45) is 0. The monoisotopic (exact) mass is 387 g/mol. The molecule has 3 rings (SSSR count). The molecule has 0 bridgehead atoms. The normalized spacial score (nSPS) is 10.4. The fourth-order valence-corrected chi connectivity index (χ4v) is 2.82. The van der Waals surface area contributed by atoms with Gasteiger partial charge in [-0.3, -0.25) is 0 Å². The molecule has 0 amide bonds. The van der Waals surface area contributed by atoms with Crippen molar-refractivity contribution in [1.29, 1.82) is 0 Å².